The zero-order chi connectivity index (χ0) is 15.6. The number of aryl methyl sites for hydroxylation is 1. The van der Waals surface area contributed by atoms with Gasteiger partial charge in [0.15, 0.2) is 0 Å². The zero-order valence-corrected chi connectivity index (χ0v) is 14.5. The molecule has 0 unspecified atom stereocenters. The van der Waals surface area contributed by atoms with Crippen LogP contribution >= 0.6 is 15.9 Å². The summed E-state index contributed by atoms with van der Waals surface area (Å²) in [6.07, 6.45) is 0. The van der Waals surface area contributed by atoms with Gasteiger partial charge in [0, 0.05) is 24.3 Å². The van der Waals surface area contributed by atoms with Crippen molar-refractivity contribution in [3.8, 4) is 0 Å². The van der Waals surface area contributed by atoms with Crippen LogP contribution in [0.1, 0.15) is 11.3 Å². The summed E-state index contributed by atoms with van der Waals surface area (Å²) in [6.45, 7) is 2.41. The molecule has 1 aromatic heterocycles. The van der Waals surface area contributed by atoms with E-state index >= 15 is 0 Å². The Kier molecular flexibility index (Phi) is 4.75. The van der Waals surface area contributed by atoms with E-state index in [1.54, 1.807) is 6.07 Å². The van der Waals surface area contributed by atoms with Crippen molar-refractivity contribution in [1.82, 2.24) is 4.31 Å². The highest BCUT2D eigenvalue weighted by Crippen LogP contribution is 2.24. The number of nitrogens with zero attached hydrogens (tertiary/aromatic N) is 1. The van der Waals surface area contributed by atoms with Crippen molar-refractivity contribution in [2.75, 3.05) is 19.4 Å². The van der Waals surface area contributed by atoms with Gasteiger partial charge < -0.3 is 9.73 Å². The van der Waals surface area contributed by atoms with Crippen LogP contribution in [-0.4, -0.2) is 26.8 Å². The van der Waals surface area contributed by atoms with Gasteiger partial charge in [0.1, 0.15) is 5.76 Å². The van der Waals surface area contributed by atoms with E-state index < -0.39 is 10.0 Å². The number of hydrogen-bond acceptors (Lipinski definition) is 4. The molecule has 0 spiro atoms. The molecule has 2 aromatic rings. The van der Waals surface area contributed by atoms with Gasteiger partial charge in [-0.25, -0.2) is 12.7 Å². The van der Waals surface area contributed by atoms with Gasteiger partial charge >= 0.3 is 0 Å². The molecule has 0 fully saturated rings. The summed E-state index contributed by atoms with van der Waals surface area (Å²) in [5.41, 5.74) is 2.07. The minimum absolute atomic E-state index is 0.0485. The molecule has 2 rings (SSSR count). The van der Waals surface area contributed by atoms with E-state index in [9.17, 15) is 8.42 Å². The molecule has 0 saturated carbocycles. The second kappa shape index (κ2) is 6.21. The van der Waals surface area contributed by atoms with Crippen molar-refractivity contribution in [3.63, 3.8) is 0 Å². The quantitative estimate of drug-likeness (QED) is 0.874. The van der Waals surface area contributed by atoms with Gasteiger partial charge in [-0.1, -0.05) is 6.07 Å². The van der Waals surface area contributed by atoms with Gasteiger partial charge in [0.2, 0.25) is 5.09 Å². The second-order valence-corrected chi connectivity index (χ2v) is 7.78. The van der Waals surface area contributed by atoms with Crippen molar-refractivity contribution in [2.45, 2.75) is 18.6 Å². The molecule has 7 heteroatoms. The molecule has 0 bridgehead atoms. The van der Waals surface area contributed by atoms with Crippen molar-refractivity contribution >= 4 is 31.6 Å². The average Bonchev–Trinajstić information content (AvgIpc) is 2.89. The lowest BCUT2D eigenvalue weighted by molar-refractivity contribution is 0.402. The van der Waals surface area contributed by atoms with Crippen LogP contribution in [0.2, 0.25) is 0 Å². The third-order valence-electron chi connectivity index (χ3n) is 2.95. The Labute approximate surface area is 133 Å². The fraction of sp³-hybridized carbons (Fsp3) is 0.286. The fourth-order valence-electron chi connectivity index (χ4n) is 1.73. The van der Waals surface area contributed by atoms with Gasteiger partial charge in [0.25, 0.3) is 10.0 Å². The molecule has 21 heavy (non-hydrogen) atoms. The Morgan fingerprint density at radius 2 is 1.95 bits per heavy atom. The van der Waals surface area contributed by atoms with Gasteiger partial charge in [-0.3, -0.25) is 0 Å². The molecule has 0 saturated heterocycles. The molecule has 1 N–H and O–H groups in total. The molecular formula is C14H17BrN2O3S. The summed E-state index contributed by atoms with van der Waals surface area (Å²) in [4.78, 5) is 0. The summed E-state index contributed by atoms with van der Waals surface area (Å²) in [7, 11) is -0.581. The standard InChI is InChI=1S/C14H17BrN2O3S/c1-10-4-6-12(15)13(8-10)16-9-11-5-7-14(20-11)21(18,19)17(2)3/h4-8,16H,9H2,1-3H3. The van der Waals surface area contributed by atoms with E-state index in [0.717, 1.165) is 20.0 Å². The van der Waals surface area contributed by atoms with E-state index in [2.05, 4.69) is 21.2 Å². The Balaban J connectivity index is 2.12. The van der Waals surface area contributed by atoms with Crippen molar-refractivity contribution in [2.24, 2.45) is 0 Å². The molecular weight excluding hydrogens is 356 g/mol. The number of benzene rings is 1. The Morgan fingerprint density at radius 3 is 2.62 bits per heavy atom. The molecule has 1 heterocycles. The predicted molar refractivity (Wildman–Crippen MR) is 85.8 cm³/mol. The van der Waals surface area contributed by atoms with Gasteiger partial charge in [-0.2, -0.15) is 0 Å². The lowest BCUT2D eigenvalue weighted by Gasteiger charge is -2.09. The lowest BCUT2D eigenvalue weighted by Crippen LogP contribution is -2.21. The van der Waals surface area contributed by atoms with Crippen LogP contribution in [0.3, 0.4) is 0 Å². The minimum Gasteiger partial charge on any atom is -0.446 e. The number of hydrogen-bond donors (Lipinski definition) is 1. The third kappa shape index (κ3) is 3.66. The first-order valence-corrected chi connectivity index (χ1v) is 8.55. The largest absolute Gasteiger partial charge is 0.446 e. The van der Waals surface area contributed by atoms with Crippen molar-refractivity contribution in [1.29, 1.82) is 0 Å². The van der Waals surface area contributed by atoms with Crippen LogP contribution in [0, 0.1) is 6.92 Å². The van der Waals surface area contributed by atoms with Gasteiger partial charge in [0.05, 0.1) is 6.54 Å². The van der Waals surface area contributed by atoms with E-state index in [-0.39, 0.29) is 5.09 Å². The van der Waals surface area contributed by atoms with Crippen molar-refractivity contribution in [3.05, 3.63) is 46.1 Å². The van der Waals surface area contributed by atoms with Crippen LogP contribution in [0.4, 0.5) is 5.69 Å². The highest BCUT2D eigenvalue weighted by Gasteiger charge is 2.21. The first-order chi connectivity index (χ1) is 9.80. The molecule has 1 aromatic carbocycles. The molecule has 5 nitrogen and oxygen atoms in total. The molecule has 0 aliphatic rings. The number of anilines is 1. The summed E-state index contributed by atoms with van der Waals surface area (Å²) in [6, 6.07) is 9.10. The fourth-order valence-corrected chi connectivity index (χ4v) is 2.93. The first-order valence-electron chi connectivity index (χ1n) is 6.32. The number of rotatable bonds is 5. The topological polar surface area (TPSA) is 62.6 Å². The average molecular weight is 373 g/mol. The molecule has 0 amide bonds. The number of halogens is 1. The first kappa shape index (κ1) is 16.1. The third-order valence-corrected chi connectivity index (χ3v) is 5.33. The van der Waals surface area contributed by atoms with Gasteiger partial charge in [-0.05, 0) is 52.7 Å². The summed E-state index contributed by atoms with van der Waals surface area (Å²) in [5, 5.41) is 3.17. The maximum absolute atomic E-state index is 11.9. The highest BCUT2D eigenvalue weighted by molar-refractivity contribution is 9.10. The normalized spacial score (nSPS) is 11.9. The molecule has 0 atom stereocenters. The van der Waals surface area contributed by atoms with Crippen LogP contribution in [0.5, 0.6) is 0 Å². The zero-order valence-electron chi connectivity index (χ0n) is 12.1. The summed E-state index contributed by atoms with van der Waals surface area (Å²) < 4.78 is 31.3. The highest BCUT2D eigenvalue weighted by atomic mass is 79.9. The van der Waals surface area contributed by atoms with Crippen molar-refractivity contribution < 1.29 is 12.8 Å². The second-order valence-electron chi connectivity index (χ2n) is 4.85. The number of nitrogens with one attached hydrogen (secondary N) is 1. The summed E-state index contributed by atoms with van der Waals surface area (Å²) >= 11 is 3.46. The van der Waals surface area contributed by atoms with Crippen LogP contribution in [0.15, 0.2) is 44.3 Å². The molecule has 0 aliphatic heterocycles. The number of furan rings is 1. The van der Waals surface area contributed by atoms with E-state index in [0.29, 0.717) is 12.3 Å². The lowest BCUT2D eigenvalue weighted by atomic mass is 10.2. The van der Waals surface area contributed by atoms with Gasteiger partial charge in [-0.15, -0.1) is 0 Å². The minimum atomic E-state index is -3.52. The predicted octanol–water partition coefficient (Wildman–Crippen LogP) is 3.21. The SMILES string of the molecule is Cc1ccc(Br)c(NCc2ccc(S(=O)(=O)N(C)C)o2)c1. The Hall–Kier alpha value is -1.31. The van der Waals surface area contributed by atoms with Crippen LogP contribution in [0.25, 0.3) is 0 Å². The molecule has 114 valence electrons. The number of sulfonamides is 1. The van der Waals surface area contributed by atoms with Crippen LogP contribution in [-0.2, 0) is 16.6 Å². The van der Waals surface area contributed by atoms with E-state index in [1.165, 1.54) is 20.2 Å². The Morgan fingerprint density at radius 1 is 1.24 bits per heavy atom. The molecule has 0 radical (unpaired) electrons. The monoisotopic (exact) mass is 372 g/mol. The van der Waals surface area contributed by atoms with E-state index in [1.807, 2.05) is 25.1 Å². The van der Waals surface area contributed by atoms with Crippen LogP contribution < -0.4 is 5.32 Å². The maximum Gasteiger partial charge on any atom is 0.275 e. The molecule has 0 aliphatic carbocycles. The van der Waals surface area contributed by atoms with E-state index in [4.69, 9.17) is 4.42 Å². The maximum atomic E-state index is 11.9. The summed E-state index contributed by atoms with van der Waals surface area (Å²) in [5.74, 6) is 0.559. The smallest absolute Gasteiger partial charge is 0.275 e. The Bertz CT molecular complexity index is 738.